The van der Waals surface area contributed by atoms with Gasteiger partial charge in [0.2, 0.25) is 0 Å². The lowest BCUT2D eigenvalue weighted by molar-refractivity contribution is 0.402. The average molecular weight is 487 g/mol. The van der Waals surface area contributed by atoms with Crippen LogP contribution < -0.4 is 10.6 Å². The van der Waals surface area contributed by atoms with E-state index in [4.69, 9.17) is 0 Å². The minimum atomic E-state index is 0. The largest absolute Gasteiger partial charge is 0.352 e. The van der Waals surface area contributed by atoms with E-state index in [2.05, 4.69) is 83.1 Å². The molecule has 0 saturated carbocycles. The first-order valence-corrected chi connectivity index (χ1v) is 9.47. The second-order valence-electron chi connectivity index (χ2n) is 6.66. The van der Waals surface area contributed by atoms with Crippen molar-refractivity contribution in [3.05, 3.63) is 51.5 Å². The standard InChI is InChI=1S/C19H29N5S.HI/c1-14(2)17-13-25-18(23-17)11-22-19(20-3)21-10-15-7-6-8-16(9-15)12-24(4)5;/h6-9,13-14H,10-12H2,1-5H3,(H2,20,21,22);1H. The van der Waals surface area contributed by atoms with E-state index in [1.54, 1.807) is 18.4 Å². The first kappa shape index (κ1) is 22.9. The van der Waals surface area contributed by atoms with Crippen LogP contribution in [0.15, 0.2) is 34.6 Å². The van der Waals surface area contributed by atoms with Crippen molar-refractivity contribution >= 4 is 41.3 Å². The Kier molecular flexibility index (Phi) is 10.1. The van der Waals surface area contributed by atoms with E-state index in [9.17, 15) is 0 Å². The summed E-state index contributed by atoms with van der Waals surface area (Å²) < 4.78 is 0. The molecule has 0 unspecified atom stereocenters. The molecule has 0 bridgehead atoms. The maximum Gasteiger partial charge on any atom is 0.191 e. The van der Waals surface area contributed by atoms with Gasteiger partial charge in [-0.1, -0.05) is 38.1 Å². The minimum Gasteiger partial charge on any atom is -0.352 e. The Morgan fingerprint density at radius 2 is 1.88 bits per heavy atom. The second kappa shape index (κ2) is 11.5. The fourth-order valence-electron chi connectivity index (χ4n) is 2.44. The van der Waals surface area contributed by atoms with Gasteiger partial charge in [0, 0.05) is 25.5 Å². The number of thiazole rings is 1. The molecular weight excluding hydrogens is 457 g/mol. The zero-order chi connectivity index (χ0) is 18.2. The summed E-state index contributed by atoms with van der Waals surface area (Å²) in [6.45, 7) is 6.71. The van der Waals surface area contributed by atoms with Gasteiger partial charge >= 0.3 is 0 Å². The normalized spacial score (nSPS) is 11.6. The lowest BCUT2D eigenvalue weighted by atomic mass is 10.1. The highest BCUT2D eigenvalue weighted by Crippen LogP contribution is 2.17. The molecule has 0 radical (unpaired) electrons. The van der Waals surface area contributed by atoms with Gasteiger partial charge in [0.15, 0.2) is 5.96 Å². The number of benzene rings is 1. The van der Waals surface area contributed by atoms with Crippen LogP contribution in [0, 0.1) is 0 Å². The summed E-state index contributed by atoms with van der Waals surface area (Å²) in [6.07, 6.45) is 0. The van der Waals surface area contributed by atoms with Crippen molar-refractivity contribution in [2.45, 2.75) is 39.4 Å². The number of aliphatic imine (C=N–C) groups is 1. The van der Waals surface area contributed by atoms with E-state index >= 15 is 0 Å². The fourth-order valence-corrected chi connectivity index (χ4v) is 3.34. The third-order valence-corrected chi connectivity index (χ3v) is 4.61. The SMILES string of the molecule is CN=C(NCc1cccc(CN(C)C)c1)NCc1nc(C(C)C)cs1.I. The van der Waals surface area contributed by atoms with Crippen LogP contribution in [-0.2, 0) is 19.6 Å². The summed E-state index contributed by atoms with van der Waals surface area (Å²) in [5.41, 5.74) is 3.72. The van der Waals surface area contributed by atoms with Crippen LogP contribution in [0.25, 0.3) is 0 Å². The number of nitrogens with zero attached hydrogens (tertiary/aromatic N) is 3. The van der Waals surface area contributed by atoms with Crippen molar-refractivity contribution in [3.8, 4) is 0 Å². The van der Waals surface area contributed by atoms with Crippen molar-refractivity contribution in [3.63, 3.8) is 0 Å². The van der Waals surface area contributed by atoms with Gasteiger partial charge in [0.1, 0.15) is 5.01 Å². The number of rotatable bonds is 7. The van der Waals surface area contributed by atoms with Crippen molar-refractivity contribution in [1.82, 2.24) is 20.5 Å². The van der Waals surface area contributed by atoms with Gasteiger partial charge < -0.3 is 15.5 Å². The zero-order valence-corrected chi connectivity index (χ0v) is 19.4. The lowest BCUT2D eigenvalue weighted by Gasteiger charge is -2.13. The van der Waals surface area contributed by atoms with Crippen LogP contribution in [0.2, 0.25) is 0 Å². The lowest BCUT2D eigenvalue weighted by Crippen LogP contribution is -2.36. The van der Waals surface area contributed by atoms with Crippen LogP contribution in [0.5, 0.6) is 0 Å². The van der Waals surface area contributed by atoms with Gasteiger partial charge in [0.25, 0.3) is 0 Å². The van der Waals surface area contributed by atoms with Gasteiger partial charge in [-0.3, -0.25) is 4.99 Å². The minimum absolute atomic E-state index is 0. The molecular formula is C19H30IN5S. The molecule has 0 amide bonds. The number of aromatic nitrogens is 1. The summed E-state index contributed by atoms with van der Waals surface area (Å²) in [6, 6.07) is 8.63. The van der Waals surface area contributed by atoms with E-state index in [1.165, 1.54) is 11.1 Å². The highest BCUT2D eigenvalue weighted by Gasteiger charge is 2.06. The zero-order valence-electron chi connectivity index (χ0n) is 16.2. The number of hydrogen-bond donors (Lipinski definition) is 2. The maximum absolute atomic E-state index is 4.64. The fraction of sp³-hybridized carbons (Fsp3) is 0.474. The smallest absolute Gasteiger partial charge is 0.191 e. The number of nitrogens with one attached hydrogen (secondary N) is 2. The predicted octanol–water partition coefficient (Wildman–Crippen LogP) is 3.81. The Balaban J connectivity index is 0.00000338. The van der Waals surface area contributed by atoms with Crippen LogP contribution in [0.4, 0.5) is 0 Å². The molecule has 2 N–H and O–H groups in total. The predicted molar refractivity (Wildman–Crippen MR) is 122 cm³/mol. The molecule has 0 saturated heterocycles. The van der Waals surface area contributed by atoms with E-state index in [-0.39, 0.29) is 24.0 Å². The summed E-state index contributed by atoms with van der Waals surface area (Å²) >= 11 is 1.69. The van der Waals surface area contributed by atoms with Crippen LogP contribution in [-0.4, -0.2) is 37.0 Å². The third-order valence-electron chi connectivity index (χ3n) is 3.74. The first-order chi connectivity index (χ1) is 12.0. The number of hydrogen-bond acceptors (Lipinski definition) is 4. The highest BCUT2D eigenvalue weighted by molar-refractivity contribution is 14.0. The Hall–Kier alpha value is -1.19. The molecule has 26 heavy (non-hydrogen) atoms. The van der Waals surface area contributed by atoms with Crippen LogP contribution >= 0.6 is 35.3 Å². The van der Waals surface area contributed by atoms with E-state index in [0.29, 0.717) is 12.5 Å². The summed E-state index contributed by atoms with van der Waals surface area (Å²) in [4.78, 5) is 11.1. The highest BCUT2D eigenvalue weighted by atomic mass is 127. The molecule has 0 aliphatic rings. The molecule has 0 fully saturated rings. The van der Waals surface area contributed by atoms with Gasteiger partial charge in [-0.15, -0.1) is 35.3 Å². The first-order valence-electron chi connectivity index (χ1n) is 8.59. The van der Waals surface area contributed by atoms with Crippen molar-refractivity contribution in [1.29, 1.82) is 0 Å². The van der Waals surface area contributed by atoms with Gasteiger partial charge in [-0.2, -0.15) is 0 Å². The molecule has 7 heteroatoms. The van der Waals surface area contributed by atoms with Gasteiger partial charge in [0.05, 0.1) is 12.2 Å². The molecule has 1 aromatic heterocycles. The van der Waals surface area contributed by atoms with Crippen molar-refractivity contribution in [2.24, 2.45) is 4.99 Å². The Morgan fingerprint density at radius 3 is 2.50 bits per heavy atom. The molecule has 0 aliphatic heterocycles. The van der Waals surface area contributed by atoms with Crippen LogP contribution in [0.3, 0.4) is 0 Å². The van der Waals surface area contributed by atoms with E-state index < -0.39 is 0 Å². The Morgan fingerprint density at radius 1 is 1.19 bits per heavy atom. The van der Waals surface area contributed by atoms with Gasteiger partial charge in [-0.05, 0) is 31.1 Å². The molecule has 0 atom stereocenters. The molecule has 1 aromatic carbocycles. The molecule has 0 aliphatic carbocycles. The second-order valence-corrected chi connectivity index (χ2v) is 7.60. The van der Waals surface area contributed by atoms with Gasteiger partial charge in [-0.25, -0.2) is 4.98 Å². The Labute approximate surface area is 178 Å². The average Bonchev–Trinajstić information content (AvgIpc) is 3.04. The van der Waals surface area contributed by atoms with Crippen molar-refractivity contribution < 1.29 is 0 Å². The monoisotopic (exact) mass is 487 g/mol. The summed E-state index contributed by atoms with van der Waals surface area (Å²) in [7, 11) is 5.96. The number of halogens is 1. The summed E-state index contributed by atoms with van der Waals surface area (Å²) in [5.74, 6) is 1.26. The van der Waals surface area contributed by atoms with Crippen LogP contribution in [0.1, 0.15) is 41.6 Å². The van der Waals surface area contributed by atoms with Crippen molar-refractivity contribution in [2.75, 3.05) is 21.1 Å². The third kappa shape index (κ3) is 7.59. The molecule has 2 aromatic rings. The quantitative estimate of drug-likeness (QED) is 0.355. The molecule has 5 nitrogen and oxygen atoms in total. The van der Waals surface area contributed by atoms with E-state index in [0.717, 1.165) is 29.8 Å². The molecule has 2 rings (SSSR count). The molecule has 144 valence electrons. The topological polar surface area (TPSA) is 52.6 Å². The summed E-state index contributed by atoms with van der Waals surface area (Å²) in [5, 5.41) is 9.92. The molecule has 1 heterocycles. The number of guanidine groups is 1. The Bertz CT molecular complexity index is 697. The van der Waals surface area contributed by atoms with E-state index in [1.807, 2.05) is 0 Å². The molecule has 0 spiro atoms. The maximum atomic E-state index is 4.64.